The Morgan fingerprint density at radius 1 is 1.35 bits per heavy atom. The largest absolute Gasteiger partial charge is 0.478 e. The van der Waals surface area contributed by atoms with E-state index in [4.69, 9.17) is 5.11 Å². The summed E-state index contributed by atoms with van der Waals surface area (Å²) >= 11 is 1.08. The highest BCUT2D eigenvalue weighted by Crippen LogP contribution is 1.97. The predicted octanol–water partition coefficient (Wildman–Crippen LogP) is 1.00. The van der Waals surface area contributed by atoms with E-state index in [0.29, 0.717) is 18.8 Å². The molecule has 3 N–H and O–H groups in total. The predicted molar refractivity (Wildman–Crippen MR) is 77.8 cm³/mol. The third-order valence-electron chi connectivity index (χ3n) is 1.11. The van der Waals surface area contributed by atoms with Crippen molar-refractivity contribution in [3.8, 4) is 0 Å². The van der Waals surface area contributed by atoms with Crippen molar-refractivity contribution in [2.24, 2.45) is 5.73 Å². The summed E-state index contributed by atoms with van der Waals surface area (Å²) in [4.78, 5) is 39.1. The Balaban J connectivity index is -0.000000246. The summed E-state index contributed by atoms with van der Waals surface area (Å²) in [5, 5.41) is 7.83. The van der Waals surface area contributed by atoms with Crippen LogP contribution in [0.1, 0.15) is 27.2 Å². The van der Waals surface area contributed by atoms with Crippen molar-refractivity contribution in [1.82, 2.24) is 0 Å². The van der Waals surface area contributed by atoms with Crippen LogP contribution in [0.4, 0.5) is 0 Å². The third-order valence-corrected chi connectivity index (χ3v) is 1.68. The zero-order chi connectivity index (χ0) is 16.4. The fourth-order valence-electron chi connectivity index (χ4n) is 0.566. The number of esters is 1. The summed E-state index contributed by atoms with van der Waals surface area (Å²) in [5.74, 6) is -0.947. The molecule has 0 aromatic heterocycles. The maximum Gasteiger partial charge on any atom is 0.327 e. The molecule has 0 radical (unpaired) electrons. The van der Waals surface area contributed by atoms with Crippen LogP contribution in [0.2, 0.25) is 0 Å². The average Bonchev–Trinajstić information content (AvgIpc) is 2.29. The zero-order valence-corrected chi connectivity index (χ0v) is 12.6. The van der Waals surface area contributed by atoms with Crippen LogP contribution in [0.15, 0.2) is 12.2 Å². The van der Waals surface area contributed by atoms with E-state index in [1.165, 1.54) is 13.0 Å². The van der Waals surface area contributed by atoms with Crippen LogP contribution in [0.3, 0.4) is 0 Å². The second-order valence-electron chi connectivity index (χ2n) is 2.97. The van der Waals surface area contributed by atoms with Gasteiger partial charge in [-0.2, -0.15) is 0 Å². The van der Waals surface area contributed by atoms with Crippen molar-refractivity contribution in [2.75, 3.05) is 12.4 Å². The van der Waals surface area contributed by atoms with Gasteiger partial charge in [0.05, 0.1) is 13.0 Å². The van der Waals surface area contributed by atoms with Gasteiger partial charge in [-0.3, -0.25) is 14.4 Å². The van der Waals surface area contributed by atoms with Crippen LogP contribution in [0.25, 0.3) is 0 Å². The van der Waals surface area contributed by atoms with Crippen LogP contribution < -0.4 is 5.73 Å². The monoisotopic (exact) mass is 307 g/mol. The zero-order valence-electron chi connectivity index (χ0n) is 11.8. The SMILES string of the molecule is C/C=C/C(=O)O.CC(N)=O.CCOC(=O)CCSC=O. The normalized spacial score (nSPS) is 8.55. The quantitative estimate of drug-likeness (QED) is 0.324. The van der Waals surface area contributed by atoms with Gasteiger partial charge in [-0.25, -0.2) is 4.79 Å². The molecule has 20 heavy (non-hydrogen) atoms. The van der Waals surface area contributed by atoms with Gasteiger partial charge in [-0.05, 0) is 13.8 Å². The maximum absolute atomic E-state index is 10.6. The molecule has 0 bridgehead atoms. The lowest BCUT2D eigenvalue weighted by Gasteiger charge is -1.97. The smallest absolute Gasteiger partial charge is 0.327 e. The summed E-state index contributed by atoms with van der Waals surface area (Å²) in [6, 6.07) is 0. The number of rotatable bonds is 6. The molecule has 0 aliphatic rings. The van der Waals surface area contributed by atoms with E-state index in [1.807, 2.05) is 0 Å². The Morgan fingerprint density at radius 3 is 2.10 bits per heavy atom. The number of hydrogen-bond acceptors (Lipinski definition) is 6. The molecule has 0 fully saturated rings. The van der Waals surface area contributed by atoms with Crippen molar-refractivity contribution >= 4 is 35.2 Å². The van der Waals surface area contributed by atoms with E-state index in [0.717, 1.165) is 23.5 Å². The maximum atomic E-state index is 10.6. The molecule has 0 aliphatic carbocycles. The summed E-state index contributed by atoms with van der Waals surface area (Å²) in [7, 11) is 0. The van der Waals surface area contributed by atoms with E-state index in [9.17, 15) is 19.2 Å². The Labute approximate surface area is 122 Å². The molecule has 8 heteroatoms. The van der Waals surface area contributed by atoms with E-state index >= 15 is 0 Å². The number of thioether (sulfide) groups is 1. The summed E-state index contributed by atoms with van der Waals surface area (Å²) < 4.78 is 4.62. The second kappa shape index (κ2) is 19.5. The molecule has 1 amide bonds. The fraction of sp³-hybridized carbons (Fsp3) is 0.500. The molecular weight excluding hydrogens is 286 g/mol. The molecule has 0 aliphatic heterocycles. The third kappa shape index (κ3) is 44.3. The summed E-state index contributed by atoms with van der Waals surface area (Å²) in [6.45, 7) is 5.13. The van der Waals surface area contributed by atoms with Crippen LogP contribution >= 0.6 is 11.8 Å². The van der Waals surface area contributed by atoms with E-state index < -0.39 is 5.97 Å². The number of primary amides is 1. The van der Waals surface area contributed by atoms with E-state index in [2.05, 4.69) is 10.5 Å². The average molecular weight is 307 g/mol. The molecule has 7 nitrogen and oxygen atoms in total. The van der Waals surface area contributed by atoms with Gasteiger partial charge in [0.25, 0.3) is 0 Å². The van der Waals surface area contributed by atoms with E-state index in [-0.39, 0.29) is 11.9 Å². The Morgan fingerprint density at radius 2 is 1.85 bits per heavy atom. The van der Waals surface area contributed by atoms with Gasteiger partial charge in [-0.1, -0.05) is 17.8 Å². The molecule has 0 rings (SSSR count). The lowest BCUT2D eigenvalue weighted by molar-refractivity contribution is -0.142. The van der Waals surface area contributed by atoms with Crippen LogP contribution in [0.5, 0.6) is 0 Å². The lowest BCUT2D eigenvalue weighted by Crippen LogP contribution is -2.04. The van der Waals surface area contributed by atoms with Crippen LogP contribution in [-0.2, 0) is 23.9 Å². The first-order valence-corrected chi connectivity index (χ1v) is 6.69. The number of amides is 1. The van der Waals surface area contributed by atoms with Crippen molar-refractivity contribution < 1.29 is 29.0 Å². The Hall–Kier alpha value is -1.83. The highest BCUT2D eigenvalue weighted by atomic mass is 32.2. The summed E-state index contributed by atoms with van der Waals surface area (Å²) in [5.41, 5.74) is 5.19. The number of ether oxygens (including phenoxy) is 1. The standard InChI is InChI=1S/C6H10O3S.C4H6O2.C2H5NO/c1-2-9-6(8)3-4-10-5-7;1-2-3-4(5)6;1-2(3)4/h5H,2-4H2,1H3;2-3H,1H3,(H,5,6);1H3,(H2,3,4)/b;3-2+;. The topological polar surface area (TPSA) is 124 Å². The first-order valence-electron chi connectivity index (χ1n) is 5.64. The second-order valence-corrected chi connectivity index (χ2v) is 3.90. The van der Waals surface area contributed by atoms with Crippen molar-refractivity contribution in [3.05, 3.63) is 12.2 Å². The van der Waals surface area contributed by atoms with Gasteiger partial charge in [0.1, 0.15) is 0 Å². The number of carboxylic acid groups (broad SMARTS) is 1. The number of nitrogens with two attached hydrogens (primary N) is 1. The fourth-order valence-corrected chi connectivity index (χ4v) is 0.947. The minimum Gasteiger partial charge on any atom is -0.478 e. The molecule has 0 aromatic rings. The molecular formula is C12H21NO6S. The van der Waals surface area contributed by atoms with Crippen molar-refractivity contribution in [3.63, 3.8) is 0 Å². The van der Waals surface area contributed by atoms with Crippen LogP contribution in [-0.4, -0.2) is 40.9 Å². The molecule has 0 saturated carbocycles. The number of carbonyl (C=O) groups excluding carboxylic acids is 3. The molecule has 0 unspecified atom stereocenters. The minimum atomic E-state index is -0.891. The van der Waals surface area contributed by atoms with E-state index in [1.54, 1.807) is 13.8 Å². The Kier molecular flexibility index (Phi) is 22.7. The molecule has 0 spiro atoms. The number of hydrogen-bond donors (Lipinski definition) is 2. The summed E-state index contributed by atoms with van der Waals surface area (Å²) in [6.07, 6.45) is 2.87. The van der Waals surface area contributed by atoms with Gasteiger partial charge >= 0.3 is 11.9 Å². The first kappa shape index (κ1) is 23.3. The van der Waals surface area contributed by atoms with Gasteiger partial charge in [-0.15, -0.1) is 0 Å². The minimum absolute atomic E-state index is 0.239. The molecule has 0 heterocycles. The van der Waals surface area contributed by atoms with Gasteiger partial charge < -0.3 is 15.6 Å². The highest BCUT2D eigenvalue weighted by Gasteiger charge is 1.99. The van der Waals surface area contributed by atoms with Gasteiger partial charge in [0, 0.05) is 18.8 Å². The first-order chi connectivity index (χ1) is 9.31. The molecule has 116 valence electrons. The van der Waals surface area contributed by atoms with Gasteiger partial charge in [0.2, 0.25) is 5.91 Å². The van der Waals surface area contributed by atoms with Crippen LogP contribution in [0, 0.1) is 0 Å². The number of allylic oxidation sites excluding steroid dienone is 1. The number of aliphatic carboxylic acids is 1. The molecule has 0 saturated heterocycles. The van der Waals surface area contributed by atoms with Gasteiger partial charge in [0.15, 0.2) is 5.62 Å². The number of carbonyl (C=O) groups is 4. The number of carboxylic acids is 1. The van der Waals surface area contributed by atoms with Crippen molar-refractivity contribution in [1.29, 1.82) is 0 Å². The Bertz CT molecular complexity index is 313. The molecule has 0 aromatic carbocycles. The highest BCUT2D eigenvalue weighted by molar-refractivity contribution is 8.11. The lowest BCUT2D eigenvalue weighted by atomic mass is 10.5. The molecule has 0 atom stereocenters. The van der Waals surface area contributed by atoms with Crippen molar-refractivity contribution in [2.45, 2.75) is 27.2 Å².